The molecular formula is C14H19NO2. The van der Waals surface area contributed by atoms with E-state index in [-0.39, 0.29) is 17.9 Å². The monoisotopic (exact) mass is 233 g/mol. The number of aryl methyl sites for hydroxylation is 1. The van der Waals surface area contributed by atoms with Gasteiger partial charge in [0.1, 0.15) is 0 Å². The molecule has 3 heteroatoms. The Morgan fingerprint density at radius 3 is 2.71 bits per heavy atom. The number of rotatable bonds is 4. The molecule has 0 radical (unpaired) electrons. The zero-order chi connectivity index (χ0) is 12.3. The highest BCUT2D eigenvalue weighted by Gasteiger charge is 2.28. The lowest BCUT2D eigenvalue weighted by Gasteiger charge is -2.09. The first-order chi connectivity index (χ1) is 8.19. The molecule has 1 N–H and O–H groups in total. The fourth-order valence-electron chi connectivity index (χ4n) is 2.16. The summed E-state index contributed by atoms with van der Waals surface area (Å²) in [5.41, 5.74) is 2.31. The first-order valence-electron chi connectivity index (χ1n) is 6.03. The molecule has 2 rings (SSSR count). The minimum Gasteiger partial charge on any atom is -0.380 e. The summed E-state index contributed by atoms with van der Waals surface area (Å²) < 4.78 is 5.24. The minimum atomic E-state index is -0.0405. The van der Waals surface area contributed by atoms with E-state index in [1.165, 1.54) is 5.56 Å². The number of Topliss-reactive ketones (excluding diaryl/α,β-unsaturated/α-hetero) is 1. The molecular weight excluding hydrogens is 214 g/mol. The van der Waals surface area contributed by atoms with Crippen molar-refractivity contribution in [1.29, 1.82) is 0 Å². The molecule has 1 saturated heterocycles. The van der Waals surface area contributed by atoms with Crippen molar-refractivity contribution in [2.75, 3.05) is 13.7 Å². The van der Waals surface area contributed by atoms with Crippen molar-refractivity contribution in [3.05, 3.63) is 35.4 Å². The predicted molar refractivity (Wildman–Crippen MR) is 67.1 cm³/mol. The molecule has 2 atom stereocenters. The van der Waals surface area contributed by atoms with E-state index >= 15 is 0 Å². The van der Waals surface area contributed by atoms with Gasteiger partial charge in [-0.15, -0.1) is 0 Å². The fraction of sp³-hybridized carbons (Fsp3) is 0.500. The Hall–Kier alpha value is -1.19. The van der Waals surface area contributed by atoms with Gasteiger partial charge in [0.2, 0.25) is 0 Å². The molecule has 1 aliphatic heterocycles. The summed E-state index contributed by atoms with van der Waals surface area (Å²) >= 11 is 0. The average molecular weight is 233 g/mol. The van der Waals surface area contributed by atoms with Crippen LogP contribution in [0.25, 0.3) is 0 Å². The third-order valence-electron chi connectivity index (χ3n) is 3.31. The first-order valence-corrected chi connectivity index (χ1v) is 6.03. The van der Waals surface area contributed by atoms with E-state index in [4.69, 9.17) is 4.74 Å². The number of hydrogen-bond donors (Lipinski definition) is 1. The smallest absolute Gasteiger partial charge is 0.154 e. The normalized spacial score (nSPS) is 23.9. The Morgan fingerprint density at radius 2 is 2.12 bits per heavy atom. The summed E-state index contributed by atoms with van der Waals surface area (Å²) in [5, 5.41) is 3.21. The van der Waals surface area contributed by atoms with Gasteiger partial charge in [-0.3, -0.25) is 4.79 Å². The number of nitrogens with one attached hydrogen (secondary N) is 1. The molecule has 0 bridgehead atoms. The van der Waals surface area contributed by atoms with E-state index in [2.05, 4.69) is 5.32 Å². The number of methoxy groups -OCH3 is 1. The van der Waals surface area contributed by atoms with Crippen molar-refractivity contribution in [3.8, 4) is 0 Å². The Bertz CT molecular complexity index is 386. The summed E-state index contributed by atoms with van der Waals surface area (Å²) in [6.07, 6.45) is 1.48. The number of carbonyl (C=O) groups is 1. The van der Waals surface area contributed by atoms with Crippen molar-refractivity contribution in [3.63, 3.8) is 0 Å². The van der Waals surface area contributed by atoms with Gasteiger partial charge < -0.3 is 10.1 Å². The molecule has 0 spiro atoms. The molecule has 1 aliphatic rings. The average Bonchev–Trinajstić information content (AvgIpc) is 2.81. The molecule has 1 aromatic rings. The van der Waals surface area contributed by atoms with E-state index in [1.807, 2.05) is 31.2 Å². The van der Waals surface area contributed by atoms with Gasteiger partial charge in [0.25, 0.3) is 0 Å². The number of benzene rings is 1. The van der Waals surface area contributed by atoms with Gasteiger partial charge in [-0.05, 0) is 18.9 Å². The predicted octanol–water partition coefficient (Wildman–Crippen LogP) is 1.48. The lowest BCUT2D eigenvalue weighted by atomic mass is 10.0. The number of ether oxygens (including phenoxy) is 1. The van der Waals surface area contributed by atoms with Crippen LogP contribution in [0.1, 0.15) is 17.5 Å². The van der Waals surface area contributed by atoms with Gasteiger partial charge in [0, 0.05) is 20.1 Å². The van der Waals surface area contributed by atoms with Gasteiger partial charge in [-0.25, -0.2) is 0 Å². The van der Waals surface area contributed by atoms with Crippen LogP contribution in [0, 0.1) is 6.92 Å². The summed E-state index contributed by atoms with van der Waals surface area (Å²) in [7, 11) is 1.69. The van der Waals surface area contributed by atoms with Crippen LogP contribution in [0.15, 0.2) is 24.3 Å². The van der Waals surface area contributed by atoms with Crippen LogP contribution in [0.5, 0.6) is 0 Å². The Balaban J connectivity index is 1.91. The molecule has 1 aromatic carbocycles. The summed E-state index contributed by atoms with van der Waals surface area (Å²) in [6, 6.07) is 8.10. The molecule has 0 aliphatic carbocycles. The van der Waals surface area contributed by atoms with Crippen LogP contribution in [0.3, 0.4) is 0 Å². The lowest BCUT2D eigenvalue weighted by Crippen LogP contribution is -2.31. The maximum absolute atomic E-state index is 12.0. The second kappa shape index (κ2) is 5.43. The minimum absolute atomic E-state index is 0.0405. The molecule has 3 nitrogen and oxygen atoms in total. The lowest BCUT2D eigenvalue weighted by molar-refractivity contribution is -0.120. The van der Waals surface area contributed by atoms with Crippen LogP contribution in [-0.2, 0) is 16.0 Å². The van der Waals surface area contributed by atoms with Crippen LogP contribution in [-0.4, -0.2) is 31.6 Å². The SMILES string of the molecule is COC1CNC(C(=O)Cc2ccc(C)cc2)C1. The van der Waals surface area contributed by atoms with Crippen molar-refractivity contribution in [2.24, 2.45) is 0 Å². The van der Waals surface area contributed by atoms with Gasteiger partial charge in [0.05, 0.1) is 12.1 Å². The highest BCUT2D eigenvalue weighted by molar-refractivity contribution is 5.86. The maximum atomic E-state index is 12.0. The van der Waals surface area contributed by atoms with Crippen LogP contribution < -0.4 is 5.32 Å². The van der Waals surface area contributed by atoms with E-state index in [0.717, 1.165) is 18.5 Å². The van der Waals surface area contributed by atoms with Gasteiger partial charge in [-0.2, -0.15) is 0 Å². The van der Waals surface area contributed by atoms with Crippen molar-refractivity contribution in [1.82, 2.24) is 5.32 Å². The Morgan fingerprint density at radius 1 is 1.41 bits per heavy atom. The molecule has 92 valence electrons. The summed E-state index contributed by atoms with van der Waals surface area (Å²) in [4.78, 5) is 12.0. The third-order valence-corrected chi connectivity index (χ3v) is 3.31. The summed E-state index contributed by atoms with van der Waals surface area (Å²) in [5.74, 6) is 0.258. The second-order valence-corrected chi connectivity index (χ2v) is 4.68. The molecule has 17 heavy (non-hydrogen) atoms. The number of carbonyl (C=O) groups excluding carboxylic acids is 1. The first kappa shape index (κ1) is 12.3. The number of hydrogen-bond acceptors (Lipinski definition) is 3. The zero-order valence-corrected chi connectivity index (χ0v) is 10.4. The molecule has 1 fully saturated rings. The Labute approximate surface area is 102 Å². The molecule has 0 amide bonds. The standard InChI is InChI=1S/C14H19NO2/c1-10-3-5-11(6-4-10)7-14(16)13-8-12(17-2)9-15-13/h3-6,12-13,15H,7-9H2,1-2H3. The van der Waals surface area contributed by atoms with Gasteiger partial charge >= 0.3 is 0 Å². The largest absolute Gasteiger partial charge is 0.380 e. The number of ketones is 1. The molecule has 0 aromatic heterocycles. The topological polar surface area (TPSA) is 38.3 Å². The quantitative estimate of drug-likeness (QED) is 0.856. The van der Waals surface area contributed by atoms with E-state index in [1.54, 1.807) is 7.11 Å². The zero-order valence-electron chi connectivity index (χ0n) is 10.4. The third kappa shape index (κ3) is 3.14. The second-order valence-electron chi connectivity index (χ2n) is 4.68. The molecule has 2 unspecified atom stereocenters. The maximum Gasteiger partial charge on any atom is 0.154 e. The van der Waals surface area contributed by atoms with E-state index in [9.17, 15) is 4.79 Å². The van der Waals surface area contributed by atoms with E-state index in [0.29, 0.717) is 6.42 Å². The molecule has 0 saturated carbocycles. The van der Waals surface area contributed by atoms with Crippen LogP contribution in [0.4, 0.5) is 0 Å². The van der Waals surface area contributed by atoms with Crippen LogP contribution in [0.2, 0.25) is 0 Å². The highest BCUT2D eigenvalue weighted by Crippen LogP contribution is 2.13. The van der Waals surface area contributed by atoms with Gasteiger partial charge in [-0.1, -0.05) is 29.8 Å². The highest BCUT2D eigenvalue weighted by atomic mass is 16.5. The Kier molecular flexibility index (Phi) is 3.92. The molecule has 1 heterocycles. The van der Waals surface area contributed by atoms with Crippen LogP contribution >= 0.6 is 0 Å². The van der Waals surface area contributed by atoms with Crippen molar-refractivity contribution in [2.45, 2.75) is 31.9 Å². The van der Waals surface area contributed by atoms with E-state index < -0.39 is 0 Å². The summed E-state index contributed by atoms with van der Waals surface area (Å²) in [6.45, 7) is 2.83. The fourth-order valence-corrected chi connectivity index (χ4v) is 2.16. The van der Waals surface area contributed by atoms with Gasteiger partial charge in [0.15, 0.2) is 5.78 Å². The van der Waals surface area contributed by atoms with Crippen molar-refractivity contribution < 1.29 is 9.53 Å². The van der Waals surface area contributed by atoms with Crippen molar-refractivity contribution >= 4 is 5.78 Å².